The van der Waals surface area contributed by atoms with Crippen molar-refractivity contribution in [3.05, 3.63) is 47.9 Å². The van der Waals surface area contributed by atoms with Gasteiger partial charge in [0, 0.05) is 49.4 Å². The predicted molar refractivity (Wildman–Crippen MR) is 122 cm³/mol. The molecule has 1 aliphatic rings. The molecule has 9 nitrogen and oxygen atoms in total. The van der Waals surface area contributed by atoms with Crippen LogP contribution in [-0.4, -0.2) is 58.2 Å². The number of hydrogen-bond acceptors (Lipinski definition) is 7. The number of aromatic nitrogens is 3. The lowest BCUT2D eigenvalue weighted by Crippen LogP contribution is -2.51. The maximum atomic E-state index is 14.9. The van der Waals surface area contributed by atoms with Gasteiger partial charge in [0.2, 0.25) is 5.95 Å². The van der Waals surface area contributed by atoms with Crippen LogP contribution in [0.2, 0.25) is 0 Å². The Bertz CT molecular complexity index is 1100. The van der Waals surface area contributed by atoms with Crippen LogP contribution in [0.5, 0.6) is 0 Å². The number of hydrazine groups is 1. The van der Waals surface area contributed by atoms with E-state index in [1.165, 1.54) is 0 Å². The number of pyridine rings is 1. The van der Waals surface area contributed by atoms with Gasteiger partial charge < -0.3 is 10.6 Å². The number of hydrogen-bond donors (Lipinski definition) is 3. The summed E-state index contributed by atoms with van der Waals surface area (Å²) >= 11 is 0. The summed E-state index contributed by atoms with van der Waals surface area (Å²) in [4.78, 5) is 25.6. The SMILES string of the molecule is Cc1c(F)c(NC(=O)NC(C)C)nc2nc(N(c3ccccc3)N3CCNCC3)ncc12. The third-order valence-corrected chi connectivity index (χ3v) is 5.13. The third-order valence-electron chi connectivity index (χ3n) is 5.13. The minimum atomic E-state index is -0.602. The highest BCUT2D eigenvalue weighted by Crippen LogP contribution is 2.28. The number of anilines is 3. The van der Waals surface area contributed by atoms with Gasteiger partial charge in [0.25, 0.3) is 0 Å². The molecule has 2 amide bonds. The molecule has 168 valence electrons. The van der Waals surface area contributed by atoms with Gasteiger partial charge in [0.15, 0.2) is 17.3 Å². The van der Waals surface area contributed by atoms with Crippen LogP contribution in [0.15, 0.2) is 36.5 Å². The summed E-state index contributed by atoms with van der Waals surface area (Å²) in [7, 11) is 0. The topological polar surface area (TPSA) is 98.3 Å². The summed E-state index contributed by atoms with van der Waals surface area (Å²) in [6, 6.07) is 9.23. The molecule has 10 heteroatoms. The largest absolute Gasteiger partial charge is 0.336 e. The number of carbonyl (C=O) groups is 1. The Morgan fingerprint density at radius 1 is 1.19 bits per heavy atom. The molecular weight excluding hydrogens is 411 g/mol. The maximum Gasteiger partial charge on any atom is 0.320 e. The van der Waals surface area contributed by atoms with Crippen LogP contribution in [-0.2, 0) is 0 Å². The van der Waals surface area contributed by atoms with E-state index in [4.69, 9.17) is 0 Å². The van der Waals surface area contributed by atoms with Crippen LogP contribution >= 0.6 is 0 Å². The van der Waals surface area contributed by atoms with Gasteiger partial charge >= 0.3 is 6.03 Å². The first-order valence-electron chi connectivity index (χ1n) is 10.6. The summed E-state index contributed by atoms with van der Waals surface area (Å²) in [5.74, 6) is -0.331. The average molecular weight is 439 g/mol. The number of rotatable bonds is 5. The lowest BCUT2D eigenvalue weighted by atomic mass is 10.2. The average Bonchev–Trinajstić information content (AvgIpc) is 2.78. The fraction of sp³-hybridized carbons (Fsp3) is 0.364. The Morgan fingerprint density at radius 2 is 1.91 bits per heavy atom. The quantitative estimate of drug-likeness (QED) is 0.563. The van der Waals surface area contributed by atoms with Crippen LogP contribution in [0, 0.1) is 12.7 Å². The maximum absolute atomic E-state index is 14.9. The second-order valence-corrected chi connectivity index (χ2v) is 7.91. The minimum absolute atomic E-state index is 0.0907. The highest BCUT2D eigenvalue weighted by atomic mass is 19.1. The molecule has 0 aliphatic carbocycles. The first kappa shape index (κ1) is 21.8. The van der Waals surface area contributed by atoms with Crippen molar-refractivity contribution >= 4 is 34.5 Å². The van der Waals surface area contributed by atoms with Gasteiger partial charge in [-0.25, -0.2) is 29.2 Å². The van der Waals surface area contributed by atoms with Gasteiger partial charge in [0.1, 0.15) is 0 Å². The van der Waals surface area contributed by atoms with Crippen molar-refractivity contribution in [2.75, 3.05) is 36.5 Å². The molecule has 0 atom stereocenters. The van der Waals surface area contributed by atoms with Gasteiger partial charge in [-0.2, -0.15) is 4.98 Å². The number of fused-ring (bicyclic) bond motifs is 1. The first-order valence-corrected chi connectivity index (χ1v) is 10.6. The Kier molecular flexibility index (Phi) is 6.42. The minimum Gasteiger partial charge on any atom is -0.336 e. The molecule has 1 aliphatic heterocycles. The number of nitrogens with zero attached hydrogens (tertiary/aromatic N) is 5. The Hall–Kier alpha value is -3.37. The molecule has 3 aromatic rings. The molecule has 1 fully saturated rings. The molecule has 0 unspecified atom stereocenters. The first-order chi connectivity index (χ1) is 15.4. The second-order valence-electron chi connectivity index (χ2n) is 7.91. The molecule has 0 bridgehead atoms. The highest BCUT2D eigenvalue weighted by molar-refractivity contribution is 5.91. The van der Waals surface area contributed by atoms with Crippen molar-refractivity contribution < 1.29 is 9.18 Å². The summed E-state index contributed by atoms with van der Waals surface area (Å²) in [5.41, 5.74) is 1.56. The molecule has 0 spiro atoms. The summed E-state index contributed by atoms with van der Waals surface area (Å²) in [6.45, 7) is 8.53. The van der Waals surface area contributed by atoms with E-state index in [9.17, 15) is 9.18 Å². The fourth-order valence-electron chi connectivity index (χ4n) is 3.58. The number of nitrogens with one attached hydrogen (secondary N) is 3. The van der Waals surface area contributed by atoms with E-state index in [0.717, 1.165) is 31.9 Å². The molecule has 2 aromatic heterocycles. The van der Waals surface area contributed by atoms with Crippen molar-refractivity contribution in [1.29, 1.82) is 0 Å². The van der Waals surface area contributed by atoms with Crippen LogP contribution in [0.25, 0.3) is 11.0 Å². The zero-order chi connectivity index (χ0) is 22.7. The molecule has 3 heterocycles. The third kappa shape index (κ3) is 4.61. The van der Waals surface area contributed by atoms with Crippen molar-refractivity contribution in [2.45, 2.75) is 26.8 Å². The van der Waals surface area contributed by atoms with E-state index in [2.05, 4.69) is 35.9 Å². The number of amides is 2. The summed E-state index contributed by atoms with van der Waals surface area (Å²) in [6.07, 6.45) is 1.58. The normalized spacial score (nSPS) is 14.5. The van der Waals surface area contributed by atoms with E-state index >= 15 is 0 Å². The zero-order valence-corrected chi connectivity index (χ0v) is 18.4. The molecule has 32 heavy (non-hydrogen) atoms. The number of benzene rings is 1. The standard InChI is InChI=1S/C22H27FN8O/c1-14(2)26-22(32)29-20-18(23)15(3)17-13-25-21(28-19(17)27-20)31(16-7-5-4-6-8-16)30-11-9-24-10-12-30/h4-8,13-14,24H,9-12H2,1-3H3,(H2,25,26,27,28,29,32). The number of aryl methyl sites for hydroxylation is 1. The van der Waals surface area contributed by atoms with Gasteiger partial charge in [0.05, 0.1) is 5.69 Å². The molecule has 3 N–H and O–H groups in total. The van der Waals surface area contributed by atoms with E-state index in [1.54, 1.807) is 13.1 Å². The van der Waals surface area contributed by atoms with E-state index in [-0.39, 0.29) is 11.9 Å². The number of piperazine rings is 1. The van der Waals surface area contributed by atoms with E-state index in [0.29, 0.717) is 22.5 Å². The summed E-state index contributed by atoms with van der Waals surface area (Å²) < 4.78 is 14.9. The molecule has 0 saturated carbocycles. The van der Waals surface area contributed by atoms with Crippen LogP contribution in [0.4, 0.5) is 26.6 Å². The Labute approximate surface area is 186 Å². The van der Waals surface area contributed by atoms with Crippen molar-refractivity contribution in [2.24, 2.45) is 0 Å². The van der Waals surface area contributed by atoms with Crippen LogP contribution in [0.1, 0.15) is 19.4 Å². The fourth-order valence-corrected chi connectivity index (χ4v) is 3.58. The number of halogens is 1. The molecule has 1 saturated heterocycles. The van der Waals surface area contributed by atoms with Gasteiger partial charge in [-0.1, -0.05) is 18.2 Å². The Morgan fingerprint density at radius 3 is 2.59 bits per heavy atom. The monoisotopic (exact) mass is 438 g/mol. The van der Waals surface area contributed by atoms with Crippen molar-refractivity contribution in [3.63, 3.8) is 0 Å². The van der Waals surface area contributed by atoms with Gasteiger partial charge in [-0.05, 0) is 32.9 Å². The van der Waals surface area contributed by atoms with Crippen molar-refractivity contribution in [3.8, 4) is 0 Å². The number of para-hydroxylation sites is 1. The van der Waals surface area contributed by atoms with E-state index in [1.807, 2.05) is 49.2 Å². The smallest absolute Gasteiger partial charge is 0.320 e. The lowest BCUT2D eigenvalue weighted by Gasteiger charge is -2.37. The molecule has 0 radical (unpaired) electrons. The lowest BCUT2D eigenvalue weighted by molar-refractivity contribution is 0.240. The van der Waals surface area contributed by atoms with Crippen LogP contribution < -0.4 is 21.0 Å². The second kappa shape index (κ2) is 9.41. The van der Waals surface area contributed by atoms with Crippen LogP contribution in [0.3, 0.4) is 0 Å². The Balaban J connectivity index is 1.76. The van der Waals surface area contributed by atoms with Gasteiger partial charge in [-0.15, -0.1) is 0 Å². The molecule has 4 rings (SSSR count). The highest BCUT2D eigenvalue weighted by Gasteiger charge is 2.24. The van der Waals surface area contributed by atoms with Crippen molar-refractivity contribution in [1.82, 2.24) is 30.6 Å². The number of carbonyl (C=O) groups excluding carboxylic acids is 1. The van der Waals surface area contributed by atoms with E-state index < -0.39 is 11.8 Å². The van der Waals surface area contributed by atoms with Gasteiger partial charge in [-0.3, -0.25) is 5.32 Å². The number of urea groups is 1. The molecule has 1 aromatic carbocycles. The molecular formula is C22H27FN8O. The predicted octanol–water partition coefficient (Wildman–Crippen LogP) is 2.96. The summed E-state index contributed by atoms with van der Waals surface area (Å²) in [5, 5.41) is 13.1. The zero-order valence-electron chi connectivity index (χ0n) is 18.4.